The minimum atomic E-state index is -0.134. The number of aromatic nitrogens is 1. The monoisotopic (exact) mass is 594 g/mol. The first-order chi connectivity index (χ1) is 22.1. The summed E-state index contributed by atoms with van der Waals surface area (Å²) in [6, 6.07) is 45.6. The summed E-state index contributed by atoms with van der Waals surface area (Å²) in [4.78, 5) is 2.35. The quantitative estimate of drug-likeness (QED) is 0.197. The van der Waals surface area contributed by atoms with E-state index in [1.807, 2.05) is 0 Å². The third-order valence-electron chi connectivity index (χ3n) is 10.9. The third kappa shape index (κ3) is 3.59. The first-order valence-corrected chi connectivity index (χ1v) is 16.4. The Hall–Kier alpha value is -5.08. The van der Waals surface area contributed by atoms with Crippen molar-refractivity contribution in [3.63, 3.8) is 0 Å². The average Bonchev–Trinajstić information content (AvgIpc) is 3.39. The van der Waals surface area contributed by atoms with E-state index in [4.69, 9.17) is 0 Å². The number of rotatable bonds is 4. The summed E-state index contributed by atoms with van der Waals surface area (Å²) in [5.74, 6) is 0. The first kappa shape index (κ1) is 27.2. The van der Waals surface area contributed by atoms with Crippen LogP contribution in [0.2, 0.25) is 0 Å². The molecule has 46 heavy (non-hydrogen) atoms. The van der Waals surface area contributed by atoms with Crippen molar-refractivity contribution in [3.8, 4) is 16.8 Å². The fraction of sp³-hybridized carbons (Fsp3) is 0.182. The largest absolute Gasteiger partial charge is 0.311 e. The number of nitrogens with zero attached hydrogens (tertiary/aromatic N) is 2. The molecule has 0 atom stereocenters. The predicted molar refractivity (Wildman–Crippen MR) is 195 cm³/mol. The van der Waals surface area contributed by atoms with Gasteiger partial charge in [0.1, 0.15) is 0 Å². The zero-order valence-corrected chi connectivity index (χ0v) is 27.4. The highest BCUT2D eigenvalue weighted by Crippen LogP contribution is 2.55. The maximum Gasteiger partial charge on any atom is 0.0582 e. The van der Waals surface area contributed by atoms with E-state index in [2.05, 4.69) is 172 Å². The van der Waals surface area contributed by atoms with Crippen molar-refractivity contribution in [2.45, 2.75) is 52.4 Å². The number of hydrogen-bond donors (Lipinski definition) is 0. The Kier molecular flexibility index (Phi) is 5.47. The van der Waals surface area contributed by atoms with Crippen LogP contribution in [0.1, 0.15) is 61.1 Å². The Labute approximate surface area is 271 Å². The molecule has 0 saturated heterocycles. The molecule has 0 aliphatic carbocycles. The Morgan fingerprint density at radius 2 is 0.935 bits per heavy atom. The highest BCUT2D eigenvalue weighted by molar-refractivity contribution is 6.15. The summed E-state index contributed by atoms with van der Waals surface area (Å²) >= 11 is 0. The van der Waals surface area contributed by atoms with Crippen LogP contribution in [-0.4, -0.2) is 4.57 Å². The smallest absolute Gasteiger partial charge is 0.0582 e. The van der Waals surface area contributed by atoms with Gasteiger partial charge >= 0.3 is 0 Å². The third-order valence-corrected chi connectivity index (χ3v) is 10.9. The van der Waals surface area contributed by atoms with Crippen LogP contribution in [0.15, 0.2) is 121 Å². The van der Waals surface area contributed by atoms with Crippen LogP contribution in [0.5, 0.6) is 0 Å². The van der Waals surface area contributed by atoms with Crippen LogP contribution in [0, 0.1) is 13.8 Å². The molecule has 0 bridgehead atoms. The van der Waals surface area contributed by atoms with Crippen LogP contribution < -0.4 is 4.90 Å². The highest BCUT2D eigenvalue weighted by atomic mass is 15.1. The van der Waals surface area contributed by atoms with Crippen molar-refractivity contribution in [2.75, 3.05) is 4.90 Å². The molecule has 6 aromatic carbocycles. The lowest BCUT2D eigenvalue weighted by molar-refractivity contribution is 0.594. The van der Waals surface area contributed by atoms with Crippen molar-refractivity contribution >= 4 is 38.9 Å². The van der Waals surface area contributed by atoms with Crippen molar-refractivity contribution in [1.82, 2.24) is 4.57 Å². The van der Waals surface area contributed by atoms with E-state index in [0.29, 0.717) is 0 Å². The summed E-state index contributed by atoms with van der Waals surface area (Å²) in [5.41, 5.74) is 18.1. The van der Waals surface area contributed by atoms with Crippen molar-refractivity contribution in [2.24, 2.45) is 0 Å². The van der Waals surface area contributed by atoms with Crippen LogP contribution >= 0.6 is 0 Å². The van der Waals surface area contributed by atoms with Gasteiger partial charge in [-0.05, 0) is 95.8 Å². The second-order valence-corrected chi connectivity index (χ2v) is 14.5. The number of hydrogen-bond acceptors (Lipinski definition) is 1. The van der Waals surface area contributed by atoms with E-state index in [-0.39, 0.29) is 10.8 Å². The molecule has 2 heteroatoms. The van der Waals surface area contributed by atoms with E-state index in [0.717, 1.165) is 17.1 Å². The minimum Gasteiger partial charge on any atom is -0.311 e. The molecule has 2 nitrogen and oxygen atoms in total. The van der Waals surface area contributed by atoms with Gasteiger partial charge < -0.3 is 9.47 Å². The predicted octanol–water partition coefficient (Wildman–Crippen LogP) is 11.8. The topological polar surface area (TPSA) is 8.17 Å². The normalized spacial score (nSPS) is 15.1. The molecule has 3 heterocycles. The molecule has 0 fully saturated rings. The number of anilines is 3. The molecule has 7 aromatic rings. The van der Waals surface area contributed by atoms with Crippen LogP contribution in [-0.2, 0) is 10.8 Å². The summed E-state index contributed by atoms with van der Waals surface area (Å²) in [6.07, 6.45) is 0. The van der Waals surface area contributed by atoms with Gasteiger partial charge in [0, 0.05) is 38.7 Å². The van der Waals surface area contributed by atoms with Gasteiger partial charge in [-0.1, -0.05) is 112 Å². The first-order valence-electron chi connectivity index (χ1n) is 16.4. The van der Waals surface area contributed by atoms with Crippen LogP contribution in [0.3, 0.4) is 0 Å². The molecule has 0 N–H and O–H groups in total. The van der Waals surface area contributed by atoms with E-state index < -0.39 is 0 Å². The van der Waals surface area contributed by atoms with Gasteiger partial charge in [0.2, 0.25) is 0 Å². The summed E-state index contributed by atoms with van der Waals surface area (Å²) < 4.78 is 2.60. The lowest BCUT2D eigenvalue weighted by Gasteiger charge is -2.42. The lowest BCUT2D eigenvalue weighted by atomic mass is 9.68. The Morgan fingerprint density at radius 3 is 1.52 bits per heavy atom. The average molecular weight is 595 g/mol. The molecular weight excluding hydrogens is 556 g/mol. The molecule has 0 spiro atoms. The molecule has 1 aromatic heterocycles. The van der Waals surface area contributed by atoms with Gasteiger partial charge in [0.15, 0.2) is 0 Å². The molecule has 0 unspecified atom stereocenters. The Balaban J connectivity index is 1.25. The Morgan fingerprint density at radius 1 is 0.457 bits per heavy atom. The maximum atomic E-state index is 2.60. The molecule has 224 valence electrons. The van der Waals surface area contributed by atoms with Crippen molar-refractivity contribution in [3.05, 3.63) is 155 Å². The summed E-state index contributed by atoms with van der Waals surface area (Å²) in [7, 11) is 0. The van der Waals surface area contributed by atoms with Crippen LogP contribution in [0.4, 0.5) is 17.1 Å². The van der Waals surface area contributed by atoms with Crippen molar-refractivity contribution < 1.29 is 0 Å². The number of benzene rings is 6. The molecule has 0 saturated carbocycles. The summed E-state index contributed by atoms with van der Waals surface area (Å²) in [6.45, 7) is 13.9. The summed E-state index contributed by atoms with van der Waals surface area (Å²) in [5, 5.41) is 2.70. The van der Waals surface area contributed by atoms with Crippen LogP contribution in [0.25, 0.3) is 38.6 Å². The maximum absolute atomic E-state index is 2.60. The second kappa shape index (κ2) is 9.23. The fourth-order valence-corrected chi connectivity index (χ4v) is 8.29. The van der Waals surface area contributed by atoms with Gasteiger partial charge in [-0.15, -0.1) is 0 Å². The molecule has 9 rings (SSSR count). The highest BCUT2D eigenvalue weighted by Gasteiger charge is 2.43. The molecule has 2 aliphatic rings. The van der Waals surface area contributed by atoms with Crippen molar-refractivity contribution in [1.29, 1.82) is 0 Å². The fourth-order valence-electron chi connectivity index (χ4n) is 8.29. The minimum absolute atomic E-state index is 0.0672. The van der Waals surface area contributed by atoms with Gasteiger partial charge in [-0.2, -0.15) is 0 Å². The lowest BCUT2D eigenvalue weighted by Crippen LogP contribution is -2.33. The zero-order valence-electron chi connectivity index (χ0n) is 27.4. The second-order valence-electron chi connectivity index (χ2n) is 14.5. The molecule has 0 radical (unpaired) electrons. The molecular formula is C44H38N2. The Bertz CT molecular complexity index is 2300. The van der Waals surface area contributed by atoms with Gasteiger partial charge in [0.25, 0.3) is 0 Å². The van der Waals surface area contributed by atoms with Gasteiger partial charge in [-0.25, -0.2) is 0 Å². The van der Waals surface area contributed by atoms with Gasteiger partial charge in [-0.3, -0.25) is 0 Å². The molecule has 0 amide bonds. The number of fused-ring (bicyclic) bond motifs is 1. The number of para-hydroxylation sites is 2. The molecule has 2 aliphatic heterocycles. The zero-order chi connectivity index (χ0) is 31.5. The number of aryl methyl sites for hydroxylation is 2. The standard InChI is InChI=1S/C44H38N2/c1-27-13-19-31(20-14-27)45(32-21-15-28(2)16-22-32)33-23-17-29(18-24-33)30-25-35-34-9-7-10-36-40(34)46-41(35)39(26-30)44(5,6)38-12-8-11-37(42(38)46)43(36,3)4/h7-26H,1-6H3. The SMILES string of the molecule is Cc1ccc(N(c2ccc(C)cc2)c2ccc(-c3cc4c5c(c3)c3cccc6c3n5-c3c(cccc3C4(C)C)C6(C)C)cc2)cc1. The van der Waals surface area contributed by atoms with E-state index in [1.165, 1.54) is 72.0 Å². The van der Waals surface area contributed by atoms with E-state index in [1.54, 1.807) is 0 Å². The van der Waals surface area contributed by atoms with Gasteiger partial charge in [0.05, 0.1) is 16.7 Å². The van der Waals surface area contributed by atoms with E-state index >= 15 is 0 Å². The van der Waals surface area contributed by atoms with E-state index in [9.17, 15) is 0 Å².